The molecular formula is C14H18O6. The molecule has 0 bridgehead atoms. The molecule has 0 fully saturated rings. The zero-order valence-electron chi connectivity index (χ0n) is 11.3. The summed E-state index contributed by atoms with van der Waals surface area (Å²) >= 11 is 0. The van der Waals surface area contributed by atoms with Gasteiger partial charge < -0.3 is 19.7 Å². The smallest absolute Gasteiger partial charge is 0.338 e. The van der Waals surface area contributed by atoms with Crippen molar-refractivity contribution in [2.24, 2.45) is 0 Å². The van der Waals surface area contributed by atoms with E-state index in [0.29, 0.717) is 12.8 Å². The van der Waals surface area contributed by atoms with Crippen LogP contribution in [0.15, 0.2) is 18.2 Å². The summed E-state index contributed by atoms with van der Waals surface area (Å²) in [6.07, 6.45) is 1.13. The van der Waals surface area contributed by atoms with Crippen molar-refractivity contribution in [3.63, 3.8) is 0 Å². The Morgan fingerprint density at radius 2 is 2.00 bits per heavy atom. The van der Waals surface area contributed by atoms with E-state index < -0.39 is 11.9 Å². The number of phenolic OH excluding ortho intramolecular Hbond substituents is 1. The van der Waals surface area contributed by atoms with Gasteiger partial charge in [0.1, 0.15) is 0 Å². The molecule has 0 amide bonds. The Morgan fingerprint density at radius 3 is 2.65 bits per heavy atom. The predicted molar refractivity (Wildman–Crippen MR) is 70.6 cm³/mol. The summed E-state index contributed by atoms with van der Waals surface area (Å²) in [5, 5.41) is 18.2. The van der Waals surface area contributed by atoms with Crippen LogP contribution in [-0.2, 0) is 9.53 Å². The third kappa shape index (κ3) is 4.89. The van der Waals surface area contributed by atoms with Crippen molar-refractivity contribution in [2.45, 2.75) is 26.2 Å². The molecule has 0 aliphatic rings. The van der Waals surface area contributed by atoms with Crippen LogP contribution in [0.4, 0.5) is 0 Å². The molecule has 20 heavy (non-hydrogen) atoms. The lowest BCUT2D eigenvalue weighted by molar-refractivity contribution is -0.134. The number of rotatable bonds is 7. The molecule has 0 aliphatic carbocycles. The zero-order valence-corrected chi connectivity index (χ0v) is 11.3. The number of carbonyl (C=O) groups excluding carboxylic acids is 2. The number of ether oxygens (including phenoxy) is 2. The van der Waals surface area contributed by atoms with Gasteiger partial charge in [-0.2, -0.15) is 0 Å². The van der Waals surface area contributed by atoms with Crippen LogP contribution in [0, 0.1) is 0 Å². The van der Waals surface area contributed by atoms with Crippen molar-refractivity contribution in [2.75, 3.05) is 13.2 Å². The predicted octanol–water partition coefficient (Wildman–Crippen LogP) is 1.64. The van der Waals surface area contributed by atoms with Crippen molar-refractivity contribution in [1.29, 1.82) is 0 Å². The lowest BCUT2D eigenvalue weighted by atomic mass is 10.2. The van der Waals surface area contributed by atoms with Gasteiger partial charge in [0.25, 0.3) is 0 Å². The van der Waals surface area contributed by atoms with Gasteiger partial charge in [-0.05, 0) is 38.0 Å². The minimum absolute atomic E-state index is 0.0108. The average Bonchev–Trinajstić information content (AvgIpc) is 2.42. The molecule has 1 aromatic carbocycles. The third-order valence-electron chi connectivity index (χ3n) is 2.48. The summed E-state index contributed by atoms with van der Waals surface area (Å²) in [7, 11) is 0. The molecule has 0 unspecified atom stereocenters. The molecular weight excluding hydrogens is 264 g/mol. The minimum atomic E-state index is -0.551. The molecule has 0 saturated heterocycles. The number of hydrogen-bond donors (Lipinski definition) is 2. The summed E-state index contributed by atoms with van der Waals surface area (Å²) < 4.78 is 9.80. The fraction of sp³-hybridized carbons (Fsp3) is 0.429. The van der Waals surface area contributed by atoms with Crippen molar-refractivity contribution < 1.29 is 29.3 Å². The van der Waals surface area contributed by atoms with Crippen LogP contribution in [0.5, 0.6) is 11.5 Å². The van der Waals surface area contributed by atoms with Crippen molar-refractivity contribution in [1.82, 2.24) is 0 Å². The molecule has 0 heterocycles. The number of aromatic hydroxyl groups is 1. The summed E-state index contributed by atoms with van der Waals surface area (Å²) in [6, 6.07) is 3.91. The normalized spacial score (nSPS) is 10.1. The van der Waals surface area contributed by atoms with Crippen molar-refractivity contribution in [3.8, 4) is 11.5 Å². The van der Waals surface area contributed by atoms with Gasteiger partial charge in [-0.1, -0.05) is 0 Å². The molecule has 6 nitrogen and oxygen atoms in total. The second-order valence-electron chi connectivity index (χ2n) is 4.06. The minimum Gasteiger partial charge on any atom is -0.504 e. The first-order chi connectivity index (χ1) is 9.58. The van der Waals surface area contributed by atoms with Gasteiger partial charge in [0, 0.05) is 13.0 Å². The standard InChI is InChI=1S/C14H18O6/c1-2-19-14(18)10-6-7-11(16)12(9-10)20-13(17)5-3-4-8-15/h6-7,9,15-16H,2-5,8H2,1H3. The number of hydrogen-bond acceptors (Lipinski definition) is 6. The molecule has 1 aromatic rings. The topological polar surface area (TPSA) is 93.1 Å². The average molecular weight is 282 g/mol. The van der Waals surface area contributed by atoms with E-state index in [-0.39, 0.29) is 36.7 Å². The van der Waals surface area contributed by atoms with Gasteiger partial charge >= 0.3 is 11.9 Å². The third-order valence-corrected chi connectivity index (χ3v) is 2.48. The van der Waals surface area contributed by atoms with Crippen molar-refractivity contribution >= 4 is 11.9 Å². The highest BCUT2D eigenvalue weighted by Gasteiger charge is 2.13. The molecule has 1 rings (SSSR count). The van der Waals surface area contributed by atoms with Crippen LogP contribution in [0.1, 0.15) is 36.5 Å². The van der Waals surface area contributed by atoms with Gasteiger partial charge in [0.15, 0.2) is 11.5 Å². The maximum atomic E-state index is 11.5. The van der Waals surface area contributed by atoms with E-state index in [2.05, 4.69) is 0 Å². The second-order valence-corrected chi connectivity index (χ2v) is 4.06. The first-order valence-electron chi connectivity index (χ1n) is 6.40. The number of phenols is 1. The number of esters is 2. The Balaban J connectivity index is 2.71. The maximum absolute atomic E-state index is 11.5. The SMILES string of the molecule is CCOC(=O)c1ccc(O)c(OC(=O)CCCCO)c1. The molecule has 0 aromatic heterocycles. The summed E-state index contributed by atoms with van der Waals surface area (Å²) in [6.45, 7) is 1.92. The Hall–Kier alpha value is -2.08. The zero-order chi connectivity index (χ0) is 15.0. The largest absolute Gasteiger partial charge is 0.504 e. The number of aliphatic hydroxyl groups is 1. The van der Waals surface area contributed by atoms with Crippen LogP contribution in [0.25, 0.3) is 0 Å². The van der Waals surface area contributed by atoms with Crippen LogP contribution in [0.3, 0.4) is 0 Å². The van der Waals surface area contributed by atoms with E-state index >= 15 is 0 Å². The summed E-state index contributed by atoms with van der Waals surface area (Å²) in [4.78, 5) is 23.0. The summed E-state index contributed by atoms with van der Waals surface area (Å²) in [5.74, 6) is -1.39. The molecule has 0 aliphatic heterocycles. The Morgan fingerprint density at radius 1 is 1.25 bits per heavy atom. The highest BCUT2D eigenvalue weighted by Crippen LogP contribution is 2.27. The highest BCUT2D eigenvalue weighted by molar-refractivity contribution is 5.90. The van der Waals surface area contributed by atoms with E-state index in [1.54, 1.807) is 6.92 Å². The van der Waals surface area contributed by atoms with Gasteiger partial charge in [-0.15, -0.1) is 0 Å². The molecule has 0 saturated carbocycles. The van der Waals surface area contributed by atoms with E-state index in [1.807, 2.05) is 0 Å². The van der Waals surface area contributed by atoms with Crippen LogP contribution in [0.2, 0.25) is 0 Å². The fourth-order valence-electron chi connectivity index (χ4n) is 1.49. The number of unbranched alkanes of at least 4 members (excludes halogenated alkanes) is 1. The quantitative estimate of drug-likeness (QED) is 0.448. The van der Waals surface area contributed by atoms with E-state index in [0.717, 1.165) is 0 Å². The van der Waals surface area contributed by atoms with Gasteiger partial charge in [-0.25, -0.2) is 4.79 Å². The molecule has 0 spiro atoms. The maximum Gasteiger partial charge on any atom is 0.338 e. The van der Waals surface area contributed by atoms with Crippen LogP contribution < -0.4 is 4.74 Å². The van der Waals surface area contributed by atoms with E-state index in [9.17, 15) is 14.7 Å². The van der Waals surface area contributed by atoms with Crippen LogP contribution in [-0.4, -0.2) is 35.4 Å². The Bertz CT molecular complexity index is 469. The Labute approximate surface area is 116 Å². The van der Waals surface area contributed by atoms with Gasteiger partial charge in [-0.3, -0.25) is 4.79 Å². The first-order valence-corrected chi connectivity index (χ1v) is 6.40. The van der Waals surface area contributed by atoms with Gasteiger partial charge in [0.2, 0.25) is 0 Å². The lowest BCUT2D eigenvalue weighted by Gasteiger charge is -2.08. The molecule has 110 valence electrons. The number of aliphatic hydroxyl groups excluding tert-OH is 1. The number of benzene rings is 1. The Kier molecular flexibility index (Phi) is 6.52. The molecule has 2 N–H and O–H groups in total. The molecule has 0 radical (unpaired) electrons. The number of carbonyl (C=O) groups is 2. The fourth-order valence-corrected chi connectivity index (χ4v) is 1.49. The highest BCUT2D eigenvalue weighted by atomic mass is 16.5. The van der Waals surface area contributed by atoms with E-state index in [4.69, 9.17) is 14.6 Å². The monoisotopic (exact) mass is 282 g/mol. The van der Waals surface area contributed by atoms with Gasteiger partial charge in [0.05, 0.1) is 12.2 Å². The summed E-state index contributed by atoms with van der Waals surface area (Å²) in [5.41, 5.74) is 0.197. The molecule has 0 atom stereocenters. The van der Waals surface area contributed by atoms with Crippen molar-refractivity contribution in [3.05, 3.63) is 23.8 Å². The molecule has 6 heteroatoms. The second kappa shape index (κ2) is 8.16. The lowest BCUT2D eigenvalue weighted by Crippen LogP contribution is -2.09. The van der Waals surface area contributed by atoms with Crippen LogP contribution >= 0.6 is 0 Å². The first kappa shape index (κ1) is 16.0. The van der Waals surface area contributed by atoms with E-state index in [1.165, 1.54) is 18.2 Å².